The van der Waals surface area contributed by atoms with Crippen molar-refractivity contribution in [3.63, 3.8) is 0 Å². The van der Waals surface area contributed by atoms with E-state index < -0.39 is 0 Å². The van der Waals surface area contributed by atoms with Crippen molar-refractivity contribution in [3.05, 3.63) is 12.3 Å². The Morgan fingerprint density at radius 2 is 2.40 bits per heavy atom. The molecular formula is C12H21NO2. The smallest absolute Gasteiger partial charge is 0.110 e. The quantitative estimate of drug-likeness (QED) is 0.767. The first-order chi connectivity index (χ1) is 7.36. The second-order valence-electron chi connectivity index (χ2n) is 4.53. The maximum atomic E-state index is 5.52. The molecule has 1 saturated heterocycles. The average molecular weight is 211 g/mol. The summed E-state index contributed by atoms with van der Waals surface area (Å²) < 4.78 is 10.9. The van der Waals surface area contributed by atoms with Crippen molar-refractivity contribution >= 4 is 0 Å². The molecule has 0 spiro atoms. The summed E-state index contributed by atoms with van der Waals surface area (Å²) in [6, 6.07) is 0.544. The zero-order chi connectivity index (χ0) is 10.5. The molecule has 15 heavy (non-hydrogen) atoms. The minimum Gasteiger partial charge on any atom is -0.497 e. The average Bonchev–Trinajstić information content (AvgIpc) is 2.81. The maximum Gasteiger partial charge on any atom is 0.110 e. The van der Waals surface area contributed by atoms with Crippen LogP contribution in [0.3, 0.4) is 0 Å². The molecule has 0 aliphatic carbocycles. The molecule has 0 amide bonds. The zero-order valence-corrected chi connectivity index (χ0v) is 9.45. The van der Waals surface area contributed by atoms with Crippen molar-refractivity contribution in [2.24, 2.45) is 5.92 Å². The highest BCUT2D eigenvalue weighted by atomic mass is 16.5. The third-order valence-corrected chi connectivity index (χ3v) is 3.36. The van der Waals surface area contributed by atoms with Gasteiger partial charge in [0.2, 0.25) is 0 Å². The molecule has 0 saturated carbocycles. The lowest BCUT2D eigenvalue weighted by molar-refractivity contribution is 0.115. The van der Waals surface area contributed by atoms with Crippen molar-refractivity contribution in [2.75, 3.05) is 19.8 Å². The summed E-state index contributed by atoms with van der Waals surface area (Å²) in [5.74, 6) is 0.684. The van der Waals surface area contributed by atoms with E-state index in [1.165, 1.54) is 6.42 Å². The molecule has 0 aromatic heterocycles. The minimum atomic E-state index is 0.361. The fourth-order valence-electron chi connectivity index (χ4n) is 2.17. The standard InChI is InChI=1S/C12H21NO2/c1-10(11-5-7-14-9-11)13-8-12-4-2-3-6-15-12/h3,6,10-13H,2,4-5,7-9H2,1H3. The highest BCUT2D eigenvalue weighted by Gasteiger charge is 2.22. The molecule has 3 unspecified atom stereocenters. The number of hydrogen-bond acceptors (Lipinski definition) is 3. The number of allylic oxidation sites excluding steroid dienone is 1. The predicted molar refractivity (Wildman–Crippen MR) is 59.6 cm³/mol. The van der Waals surface area contributed by atoms with Gasteiger partial charge in [-0.15, -0.1) is 0 Å². The van der Waals surface area contributed by atoms with Gasteiger partial charge in [-0.3, -0.25) is 0 Å². The maximum absolute atomic E-state index is 5.52. The Kier molecular flexibility index (Phi) is 4.03. The molecular weight excluding hydrogens is 190 g/mol. The first-order valence-corrected chi connectivity index (χ1v) is 5.98. The normalized spacial score (nSPS) is 32.6. The van der Waals surface area contributed by atoms with E-state index in [4.69, 9.17) is 9.47 Å². The topological polar surface area (TPSA) is 30.5 Å². The summed E-state index contributed by atoms with van der Waals surface area (Å²) >= 11 is 0. The Balaban J connectivity index is 1.65. The lowest BCUT2D eigenvalue weighted by Crippen LogP contribution is -2.39. The number of hydrogen-bond donors (Lipinski definition) is 1. The van der Waals surface area contributed by atoms with E-state index in [-0.39, 0.29) is 0 Å². The van der Waals surface area contributed by atoms with Crippen LogP contribution in [0.2, 0.25) is 0 Å². The molecule has 2 aliphatic rings. The molecule has 2 aliphatic heterocycles. The van der Waals surface area contributed by atoms with Crippen LogP contribution in [0.4, 0.5) is 0 Å². The Morgan fingerprint density at radius 3 is 3.07 bits per heavy atom. The summed E-state index contributed by atoms with van der Waals surface area (Å²) in [4.78, 5) is 0. The lowest BCUT2D eigenvalue weighted by Gasteiger charge is -2.24. The van der Waals surface area contributed by atoms with Crippen molar-refractivity contribution < 1.29 is 9.47 Å². The Bertz CT molecular complexity index is 212. The lowest BCUT2D eigenvalue weighted by atomic mass is 10.0. The van der Waals surface area contributed by atoms with Crippen LogP contribution < -0.4 is 5.32 Å². The monoisotopic (exact) mass is 211 g/mol. The highest BCUT2D eigenvalue weighted by molar-refractivity contribution is 4.84. The summed E-state index contributed by atoms with van der Waals surface area (Å²) in [5.41, 5.74) is 0. The van der Waals surface area contributed by atoms with Crippen LogP contribution in [0.1, 0.15) is 26.2 Å². The second-order valence-corrected chi connectivity index (χ2v) is 4.53. The Labute approximate surface area is 91.8 Å². The number of ether oxygens (including phenoxy) is 2. The molecule has 0 radical (unpaired) electrons. The van der Waals surface area contributed by atoms with Crippen LogP contribution in [0.25, 0.3) is 0 Å². The largest absolute Gasteiger partial charge is 0.497 e. The fraction of sp³-hybridized carbons (Fsp3) is 0.833. The molecule has 2 rings (SSSR count). The molecule has 2 heterocycles. The number of nitrogens with one attached hydrogen (secondary N) is 1. The van der Waals surface area contributed by atoms with Gasteiger partial charge in [0.1, 0.15) is 6.10 Å². The third kappa shape index (κ3) is 3.21. The molecule has 0 bridgehead atoms. The van der Waals surface area contributed by atoms with Gasteiger partial charge in [-0.05, 0) is 38.2 Å². The van der Waals surface area contributed by atoms with Gasteiger partial charge in [-0.25, -0.2) is 0 Å². The van der Waals surface area contributed by atoms with Gasteiger partial charge < -0.3 is 14.8 Å². The van der Waals surface area contributed by atoms with Gasteiger partial charge in [0.05, 0.1) is 12.9 Å². The van der Waals surface area contributed by atoms with Crippen molar-refractivity contribution in [1.82, 2.24) is 5.32 Å². The number of rotatable bonds is 4. The zero-order valence-electron chi connectivity index (χ0n) is 9.45. The molecule has 0 aromatic carbocycles. The molecule has 3 nitrogen and oxygen atoms in total. The molecule has 86 valence electrons. The van der Waals surface area contributed by atoms with Gasteiger partial charge in [0, 0.05) is 19.2 Å². The van der Waals surface area contributed by atoms with E-state index >= 15 is 0 Å². The molecule has 1 N–H and O–H groups in total. The van der Waals surface area contributed by atoms with Crippen molar-refractivity contribution in [1.29, 1.82) is 0 Å². The van der Waals surface area contributed by atoms with E-state index in [2.05, 4.69) is 18.3 Å². The summed E-state index contributed by atoms with van der Waals surface area (Å²) in [6.45, 7) is 5.05. The van der Waals surface area contributed by atoms with Crippen LogP contribution in [-0.2, 0) is 9.47 Å². The van der Waals surface area contributed by atoms with Crippen molar-refractivity contribution in [3.8, 4) is 0 Å². The summed E-state index contributed by atoms with van der Waals surface area (Å²) in [6.07, 6.45) is 7.76. The van der Waals surface area contributed by atoms with E-state index in [1.807, 2.05) is 6.26 Å². The van der Waals surface area contributed by atoms with Gasteiger partial charge in [-0.2, -0.15) is 0 Å². The molecule has 3 atom stereocenters. The predicted octanol–water partition coefficient (Wildman–Crippen LogP) is 1.69. The summed E-state index contributed by atoms with van der Waals surface area (Å²) in [7, 11) is 0. The molecule has 1 fully saturated rings. The van der Waals surface area contributed by atoms with Crippen molar-refractivity contribution in [2.45, 2.75) is 38.3 Å². The first kappa shape index (κ1) is 11.0. The Morgan fingerprint density at radius 1 is 1.47 bits per heavy atom. The van der Waals surface area contributed by atoms with E-state index in [0.717, 1.165) is 32.6 Å². The highest BCUT2D eigenvalue weighted by Crippen LogP contribution is 2.17. The van der Waals surface area contributed by atoms with Gasteiger partial charge in [0.15, 0.2) is 0 Å². The fourth-order valence-corrected chi connectivity index (χ4v) is 2.17. The van der Waals surface area contributed by atoms with Crippen LogP contribution in [0, 0.1) is 5.92 Å². The van der Waals surface area contributed by atoms with Crippen LogP contribution >= 0.6 is 0 Å². The second kappa shape index (κ2) is 5.52. The van der Waals surface area contributed by atoms with Gasteiger partial charge in [-0.1, -0.05) is 0 Å². The first-order valence-electron chi connectivity index (χ1n) is 5.98. The van der Waals surface area contributed by atoms with E-state index in [9.17, 15) is 0 Å². The van der Waals surface area contributed by atoms with Crippen LogP contribution in [-0.4, -0.2) is 31.9 Å². The minimum absolute atomic E-state index is 0.361. The van der Waals surface area contributed by atoms with Crippen LogP contribution in [0.15, 0.2) is 12.3 Å². The SMILES string of the molecule is CC(NCC1CCC=CO1)C1CCOC1. The van der Waals surface area contributed by atoms with Gasteiger partial charge in [0.25, 0.3) is 0 Å². The molecule has 3 heteroatoms. The van der Waals surface area contributed by atoms with E-state index in [1.54, 1.807) is 0 Å². The summed E-state index contributed by atoms with van der Waals surface area (Å²) in [5, 5.41) is 3.56. The molecule has 0 aromatic rings. The van der Waals surface area contributed by atoms with Gasteiger partial charge >= 0.3 is 0 Å². The van der Waals surface area contributed by atoms with Crippen LogP contribution in [0.5, 0.6) is 0 Å². The Hall–Kier alpha value is -0.540. The van der Waals surface area contributed by atoms with E-state index in [0.29, 0.717) is 18.1 Å². The third-order valence-electron chi connectivity index (χ3n) is 3.36.